The third-order valence-corrected chi connectivity index (χ3v) is 18.1. The SMILES string of the molecule is C=C(c1cccc(COCCCO[Si](C)(C)C(C)(C)C)c1)c1cccc(C[Si](C)(C)C(C)(C)C)c1. The van der Waals surface area contributed by atoms with Gasteiger partial charge in [0.2, 0.25) is 0 Å². The zero-order chi connectivity index (χ0) is 26.5. The Balaban J connectivity index is 1.94. The first-order valence-corrected chi connectivity index (χ1v) is 19.2. The quantitative estimate of drug-likeness (QED) is 0.221. The van der Waals surface area contributed by atoms with Crippen LogP contribution in [-0.2, 0) is 21.8 Å². The lowest BCUT2D eigenvalue weighted by atomic mass is 9.97. The van der Waals surface area contributed by atoms with Crippen molar-refractivity contribution in [3.05, 3.63) is 77.4 Å². The van der Waals surface area contributed by atoms with E-state index in [2.05, 4.69) is 123 Å². The Kier molecular flexibility index (Phi) is 9.97. The van der Waals surface area contributed by atoms with Crippen LogP contribution in [0, 0.1) is 0 Å². The molecule has 0 N–H and O–H groups in total. The van der Waals surface area contributed by atoms with Gasteiger partial charge in [0.1, 0.15) is 0 Å². The average molecular weight is 511 g/mol. The summed E-state index contributed by atoms with van der Waals surface area (Å²) in [7, 11) is -3.06. The van der Waals surface area contributed by atoms with E-state index in [-0.39, 0.29) is 5.04 Å². The summed E-state index contributed by atoms with van der Waals surface area (Å²) >= 11 is 0. The molecule has 0 spiro atoms. The van der Waals surface area contributed by atoms with Crippen molar-refractivity contribution >= 4 is 22.0 Å². The van der Waals surface area contributed by atoms with Crippen LogP contribution in [0.25, 0.3) is 5.57 Å². The highest BCUT2D eigenvalue weighted by Crippen LogP contribution is 2.38. The molecule has 0 aliphatic rings. The first-order chi connectivity index (χ1) is 16.0. The van der Waals surface area contributed by atoms with Crippen LogP contribution in [0.4, 0.5) is 0 Å². The van der Waals surface area contributed by atoms with E-state index in [9.17, 15) is 0 Å². The van der Waals surface area contributed by atoms with E-state index in [0.717, 1.165) is 30.8 Å². The Morgan fingerprint density at radius 3 is 1.86 bits per heavy atom. The van der Waals surface area contributed by atoms with Crippen molar-refractivity contribution in [2.24, 2.45) is 0 Å². The van der Waals surface area contributed by atoms with E-state index in [4.69, 9.17) is 9.16 Å². The summed E-state index contributed by atoms with van der Waals surface area (Å²) in [6, 6.07) is 18.8. The van der Waals surface area contributed by atoms with E-state index >= 15 is 0 Å². The van der Waals surface area contributed by atoms with Crippen LogP contribution in [0.2, 0.25) is 36.3 Å². The molecule has 2 aromatic carbocycles. The van der Waals surface area contributed by atoms with Gasteiger partial charge in [-0.05, 0) is 64.0 Å². The number of benzene rings is 2. The van der Waals surface area contributed by atoms with E-state index in [1.165, 1.54) is 22.7 Å². The maximum atomic E-state index is 6.25. The van der Waals surface area contributed by atoms with Gasteiger partial charge in [0.25, 0.3) is 0 Å². The van der Waals surface area contributed by atoms with Gasteiger partial charge in [-0.15, -0.1) is 0 Å². The minimum Gasteiger partial charge on any atom is -0.417 e. The highest BCUT2D eigenvalue weighted by Gasteiger charge is 2.37. The van der Waals surface area contributed by atoms with E-state index < -0.39 is 16.4 Å². The van der Waals surface area contributed by atoms with Crippen molar-refractivity contribution in [2.75, 3.05) is 13.2 Å². The second kappa shape index (κ2) is 11.7. The average Bonchev–Trinajstić information content (AvgIpc) is 2.74. The molecule has 0 atom stereocenters. The Hall–Kier alpha value is -1.47. The number of hydrogen-bond donors (Lipinski definition) is 0. The van der Waals surface area contributed by atoms with Crippen LogP contribution in [0.15, 0.2) is 55.1 Å². The lowest BCUT2D eigenvalue weighted by Gasteiger charge is -2.37. The lowest BCUT2D eigenvalue weighted by molar-refractivity contribution is 0.105. The molecule has 4 heteroatoms. The molecule has 0 heterocycles. The molecule has 0 fully saturated rings. The number of hydrogen-bond acceptors (Lipinski definition) is 2. The summed E-state index contributed by atoms with van der Waals surface area (Å²) in [4.78, 5) is 0. The molecule has 0 saturated carbocycles. The Morgan fingerprint density at radius 1 is 0.771 bits per heavy atom. The lowest BCUT2D eigenvalue weighted by Crippen LogP contribution is -2.41. The topological polar surface area (TPSA) is 18.5 Å². The number of rotatable bonds is 11. The molecule has 0 aliphatic carbocycles. The minimum absolute atomic E-state index is 0.251. The summed E-state index contributed by atoms with van der Waals surface area (Å²) in [5, 5.41) is 0.631. The summed E-state index contributed by atoms with van der Waals surface area (Å²) in [6.07, 6.45) is 0.930. The fourth-order valence-corrected chi connectivity index (χ4v) is 6.41. The van der Waals surface area contributed by atoms with Crippen LogP contribution >= 0.6 is 0 Å². The fourth-order valence-electron chi connectivity index (χ4n) is 3.55. The molecule has 35 heavy (non-hydrogen) atoms. The Bertz CT molecular complexity index is 978. The van der Waals surface area contributed by atoms with Crippen molar-refractivity contribution < 1.29 is 9.16 Å². The van der Waals surface area contributed by atoms with Gasteiger partial charge in [-0.3, -0.25) is 0 Å². The fraction of sp³-hybridized carbons (Fsp3) is 0.548. The van der Waals surface area contributed by atoms with Crippen LogP contribution in [0.5, 0.6) is 0 Å². The predicted molar refractivity (Wildman–Crippen MR) is 159 cm³/mol. The van der Waals surface area contributed by atoms with Gasteiger partial charge in [0.15, 0.2) is 8.32 Å². The van der Waals surface area contributed by atoms with Crippen LogP contribution < -0.4 is 0 Å². The molecule has 0 aliphatic heterocycles. The standard InChI is InChI=1S/C31H50O2Si2/c1-25(29-18-13-16-27(22-29)24-34(8,9)30(2,3)4)28-17-12-15-26(21-28)23-32-19-14-20-33-35(10,11)31(5,6)7/h12-13,15-18,21-22H,1,14,19-20,23-24H2,2-11H3. The molecular weight excluding hydrogens is 461 g/mol. The molecule has 194 valence electrons. The van der Waals surface area contributed by atoms with Gasteiger partial charge in [-0.25, -0.2) is 0 Å². The maximum absolute atomic E-state index is 6.25. The molecule has 2 rings (SSSR count). The first-order valence-electron chi connectivity index (χ1n) is 13.1. The van der Waals surface area contributed by atoms with Crippen molar-refractivity contribution in [1.82, 2.24) is 0 Å². The van der Waals surface area contributed by atoms with Crippen molar-refractivity contribution in [1.29, 1.82) is 0 Å². The van der Waals surface area contributed by atoms with Crippen LogP contribution in [0.3, 0.4) is 0 Å². The molecule has 2 nitrogen and oxygen atoms in total. The number of ether oxygens (including phenoxy) is 1. The van der Waals surface area contributed by atoms with Gasteiger partial charge < -0.3 is 9.16 Å². The molecule has 0 amide bonds. The zero-order valence-electron chi connectivity index (χ0n) is 24.2. The van der Waals surface area contributed by atoms with Gasteiger partial charge in [0.05, 0.1) is 14.7 Å². The summed E-state index contributed by atoms with van der Waals surface area (Å²) < 4.78 is 12.2. The zero-order valence-corrected chi connectivity index (χ0v) is 26.2. The van der Waals surface area contributed by atoms with Crippen LogP contribution in [-0.4, -0.2) is 29.6 Å². The smallest absolute Gasteiger partial charge is 0.191 e. The van der Waals surface area contributed by atoms with Crippen molar-refractivity contribution in [3.63, 3.8) is 0 Å². The van der Waals surface area contributed by atoms with Gasteiger partial charge >= 0.3 is 0 Å². The molecule has 0 unspecified atom stereocenters. The Morgan fingerprint density at radius 2 is 1.31 bits per heavy atom. The maximum Gasteiger partial charge on any atom is 0.191 e. The summed E-state index contributed by atoms with van der Waals surface area (Å²) in [5.74, 6) is 0. The third-order valence-electron chi connectivity index (χ3n) is 8.20. The monoisotopic (exact) mass is 510 g/mol. The molecule has 0 bridgehead atoms. The summed E-state index contributed by atoms with van der Waals surface area (Å²) in [5.41, 5.74) is 6.06. The van der Waals surface area contributed by atoms with Crippen LogP contribution in [0.1, 0.15) is 70.2 Å². The second-order valence-electron chi connectivity index (χ2n) is 13.2. The van der Waals surface area contributed by atoms with E-state index in [1.807, 2.05) is 0 Å². The van der Waals surface area contributed by atoms with Crippen molar-refractivity contribution in [2.45, 2.75) is 96.9 Å². The Labute approximate surface area is 218 Å². The molecule has 0 saturated heterocycles. The van der Waals surface area contributed by atoms with E-state index in [0.29, 0.717) is 11.6 Å². The van der Waals surface area contributed by atoms with Gasteiger partial charge in [-0.2, -0.15) is 0 Å². The second-order valence-corrected chi connectivity index (χ2v) is 23.6. The molecule has 0 radical (unpaired) electrons. The highest BCUT2D eigenvalue weighted by molar-refractivity contribution is 6.79. The predicted octanol–water partition coefficient (Wildman–Crippen LogP) is 9.27. The highest BCUT2D eigenvalue weighted by atomic mass is 28.4. The summed E-state index contributed by atoms with van der Waals surface area (Å²) in [6.45, 7) is 30.1. The molecular formula is C31H50O2Si2. The largest absolute Gasteiger partial charge is 0.417 e. The third kappa shape index (κ3) is 8.56. The normalized spacial score (nSPS) is 13.2. The van der Waals surface area contributed by atoms with Gasteiger partial charge in [-0.1, -0.05) is 109 Å². The van der Waals surface area contributed by atoms with Crippen molar-refractivity contribution in [3.8, 4) is 0 Å². The molecule has 0 aromatic heterocycles. The van der Waals surface area contributed by atoms with Gasteiger partial charge in [0, 0.05) is 13.2 Å². The van der Waals surface area contributed by atoms with E-state index in [1.54, 1.807) is 0 Å². The molecule has 2 aromatic rings. The minimum atomic E-state index is -1.67. The first kappa shape index (κ1) is 29.8.